The minimum atomic E-state index is -0.157. The normalized spacial score (nSPS) is 11.9. The van der Waals surface area contributed by atoms with E-state index in [1.165, 1.54) is 11.3 Å². The Morgan fingerprint density at radius 3 is 2.58 bits per heavy atom. The van der Waals surface area contributed by atoms with Crippen molar-refractivity contribution in [3.05, 3.63) is 93.3 Å². The molecule has 0 radical (unpaired) electrons. The fourth-order valence-electron chi connectivity index (χ4n) is 3.62. The lowest BCUT2D eigenvalue weighted by Gasteiger charge is -2.19. The van der Waals surface area contributed by atoms with Gasteiger partial charge in [-0.15, -0.1) is 11.3 Å². The first kappa shape index (κ1) is 21.2. The molecule has 0 aliphatic rings. The van der Waals surface area contributed by atoms with E-state index in [0.717, 1.165) is 22.0 Å². The minimum Gasteiger partial charge on any atom is -0.361 e. The molecule has 2 aromatic carbocycles. The number of aromatic nitrogens is 1. The smallest absolute Gasteiger partial charge is 0.261 e. The van der Waals surface area contributed by atoms with Crippen LogP contribution in [-0.2, 0) is 4.79 Å². The summed E-state index contributed by atoms with van der Waals surface area (Å²) < 4.78 is 0. The molecule has 2 aromatic heterocycles. The minimum absolute atomic E-state index is 0.102. The van der Waals surface area contributed by atoms with Crippen LogP contribution in [0.3, 0.4) is 0 Å². The molecule has 7 heteroatoms. The summed E-state index contributed by atoms with van der Waals surface area (Å²) in [5, 5.41) is 9.40. The number of hydrogen-bond donors (Lipinski definition) is 3. The van der Waals surface area contributed by atoms with Gasteiger partial charge in [0.1, 0.15) is 0 Å². The summed E-state index contributed by atoms with van der Waals surface area (Å²) in [5.41, 5.74) is 3.08. The van der Waals surface area contributed by atoms with Gasteiger partial charge in [-0.1, -0.05) is 54.1 Å². The van der Waals surface area contributed by atoms with Gasteiger partial charge < -0.3 is 15.6 Å². The lowest BCUT2D eigenvalue weighted by Crippen LogP contribution is -2.33. The number of thiophene rings is 1. The zero-order chi connectivity index (χ0) is 21.6. The molecule has 1 atom stereocenters. The Morgan fingerprint density at radius 1 is 0.968 bits per heavy atom. The Labute approximate surface area is 189 Å². The number of amides is 2. The Bertz CT molecular complexity index is 1190. The number of aromatic amines is 1. The van der Waals surface area contributed by atoms with E-state index in [1.807, 2.05) is 60.1 Å². The summed E-state index contributed by atoms with van der Waals surface area (Å²) in [6, 6.07) is 19.4. The van der Waals surface area contributed by atoms with Crippen molar-refractivity contribution in [2.45, 2.75) is 12.3 Å². The third-order valence-electron chi connectivity index (χ3n) is 5.16. The highest BCUT2D eigenvalue weighted by atomic mass is 35.5. The zero-order valence-electron chi connectivity index (χ0n) is 16.7. The van der Waals surface area contributed by atoms with Gasteiger partial charge in [0.25, 0.3) is 5.91 Å². The summed E-state index contributed by atoms with van der Waals surface area (Å²) in [6.07, 6.45) is 2.19. The molecule has 0 spiro atoms. The highest BCUT2D eigenvalue weighted by Crippen LogP contribution is 2.34. The molecular weight excluding hydrogens is 430 g/mol. The van der Waals surface area contributed by atoms with E-state index < -0.39 is 0 Å². The van der Waals surface area contributed by atoms with Crippen LogP contribution in [0.5, 0.6) is 0 Å². The molecular formula is C24H22ClN3O2S. The maximum atomic E-state index is 12.5. The molecule has 2 amide bonds. The fraction of sp³-hybridized carbons (Fsp3) is 0.167. The number of H-pyrrole nitrogens is 1. The molecule has 31 heavy (non-hydrogen) atoms. The maximum Gasteiger partial charge on any atom is 0.261 e. The van der Waals surface area contributed by atoms with Crippen LogP contribution in [0.2, 0.25) is 5.02 Å². The first-order chi connectivity index (χ1) is 15.1. The second kappa shape index (κ2) is 9.81. The van der Waals surface area contributed by atoms with Gasteiger partial charge >= 0.3 is 0 Å². The lowest BCUT2D eigenvalue weighted by atomic mass is 9.90. The molecule has 3 N–H and O–H groups in total. The van der Waals surface area contributed by atoms with Gasteiger partial charge in [0.2, 0.25) is 5.91 Å². The van der Waals surface area contributed by atoms with Crippen molar-refractivity contribution < 1.29 is 9.59 Å². The van der Waals surface area contributed by atoms with Crippen LogP contribution in [0.4, 0.5) is 0 Å². The predicted molar refractivity (Wildman–Crippen MR) is 126 cm³/mol. The van der Waals surface area contributed by atoms with Gasteiger partial charge in [-0.05, 0) is 34.7 Å². The molecule has 0 aliphatic carbocycles. The van der Waals surface area contributed by atoms with E-state index >= 15 is 0 Å². The van der Waals surface area contributed by atoms with Crippen LogP contribution in [0.15, 0.2) is 72.2 Å². The second-order valence-corrected chi connectivity index (χ2v) is 8.51. The second-order valence-electron chi connectivity index (χ2n) is 7.15. The summed E-state index contributed by atoms with van der Waals surface area (Å²) >= 11 is 7.87. The third-order valence-corrected chi connectivity index (χ3v) is 6.38. The highest BCUT2D eigenvalue weighted by molar-refractivity contribution is 7.12. The number of rotatable bonds is 8. The van der Waals surface area contributed by atoms with Crippen LogP contribution < -0.4 is 10.6 Å². The number of halogens is 1. The number of carbonyl (C=O) groups is 2. The first-order valence-corrected chi connectivity index (χ1v) is 11.3. The molecule has 0 fully saturated rings. The quantitative estimate of drug-likeness (QED) is 0.354. The van der Waals surface area contributed by atoms with Crippen LogP contribution in [0.1, 0.15) is 33.1 Å². The molecule has 158 valence electrons. The van der Waals surface area contributed by atoms with Gasteiger partial charge in [0.05, 0.1) is 4.88 Å². The summed E-state index contributed by atoms with van der Waals surface area (Å²) in [4.78, 5) is 28.4. The Kier molecular flexibility index (Phi) is 6.70. The van der Waals surface area contributed by atoms with Crippen molar-refractivity contribution in [2.24, 2.45) is 0 Å². The van der Waals surface area contributed by atoms with E-state index in [0.29, 0.717) is 16.4 Å². The van der Waals surface area contributed by atoms with Crippen molar-refractivity contribution in [2.75, 3.05) is 13.1 Å². The third kappa shape index (κ3) is 4.98. The van der Waals surface area contributed by atoms with E-state index in [1.54, 1.807) is 6.07 Å². The van der Waals surface area contributed by atoms with E-state index in [9.17, 15) is 9.59 Å². The van der Waals surface area contributed by atoms with Gasteiger partial charge in [-0.2, -0.15) is 0 Å². The standard InChI is InChI=1S/C24H22ClN3O2S/c25-20-8-3-1-6-16(20)18(19-14-27-21-9-4-2-7-17(19)21)15-28-23(29)11-12-26-24(30)22-10-5-13-31-22/h1-10,13-14,18,27H,11-12,15H2,(H,26,30)(H,28,29). The fourth-order valence-corrected chi connectivity index (χ4v) is 4.52. The van der Waals surface area contributed by atoms with E-state index in [-0.39, 0.29) is 30.7 Å². The van der Waals surface area contributed by atoms with Crippen LogP contribution >= 0.6 is 22.9 Å². The SMILES string of the molecule is O=C(CCNC(=O)c1cccs1)NCC(c1ccccc1Cl)c1c[nH]c2ccccc12. The van der Waals surface area contributed by atoms with Crippen molar-refractivity contribution in [3.8, 4) is 0 Å². The number of para-hydroxylation sites is 1. The average Bonchev–Trinajstić information content (AvgIpc) is 3.46. The number of nitrogens with one attached hydrogen (secondary N) is 3. The van der Waals surface area contributed by atoms with Gasteiger partial charge in [0.15, 0.2) is 0 Å². The number of fused-ring (bicyclic) bond motifs is 1. The predicted octanol–water partition coefficient (Wildman–Crippen LogP) is 4.95. The highest BCUT2D eigenvalue weighted by Gasteiger charge is 2.21. The number of hydrogen-bond acceptors (Lipinski definition) is 3. The van der Waals surface area contributed by atoms with Crippen molar-refractivity contribution in [1.82, 2.24) is 15.6 Å². The molecule has 0 saturated heterocycles. The Hall–Kier alpha value is -3.09. The van der Waals surface area contributed by atoms with E-state index in [4.69, 9.17) is 11.6 Å². The van der Waals surface area contributed by atoms with Crippen LogP contribution in [0.25, 0.3) is 10.9 Å². The average molecular weight is 452 g/mol. The largest absolute Gasteiger partial charge is 0.361 e. The molecule has 4 rings (SSSR count). The van der Waals surface area contributed by atoms with Crippen LogP contribution in [0, 0.1) is 0 Å². The topological polar surface area (TPSA) is 74.0 Å². The Morgan fingerprint density at radius 2 is 1.77 bits per heavy atom. The van der Waals surface area contributed by atoms with Crippen molar-refractivity contribution >= 4 is 45.7 Å². The van der Waals surface area contributed by atoms with Gasteiger partial charge in [-0.25, -0.2) is 0 Å². The lowest BCUT2D eigenvalue weighted by molar-refractivity contribution is -0.120. The monoisotopic (exact) mass is 451 g/mol. The molecule has 0 aliphatic heterocycles. The van der Waals surface area contributed by atoms with E-state index in [2.05, 4.69) is 21.7 Å². The molecule has 1 unspecified atom stereocenters. The molecule has 0 bridgehead atoms. The first-order valence-electron chi connectivity index (χ1n) is 10.0. The van der Waals surface area contributed by atoms with Crippen molar-refractivity contribution in [1.29, 1.82) is 0 Å². The van der Waals surface area contributed by atoms with Crippen LogP contribution in [-0.4, -0.2) is 29.9 Å². The Balaban J connectivity index is 1.44. The maximum absolute atomic E-state index is 12.5. The summed E-state index contributed by atoms with van der Waals surface area (Å²) in [7, 11) is 0. The van der Waals surface area contributed by atoms with Crippen molar-refractivity contribution in [3.63, 3.8) is 0 Å². The molecule has 4 aromatic rings. The molecule has 2 heterocycles. The number of carbonyl (C=O) groups excluding carboxylic acids is 2. The summed E-state index contributed by atoms with van der Waals surface area (Å²) in [5.74, 6) is -0.381. The summed E-state index contributed by atoms with van der Waals surface area (Å²) in [6.45, 7) is 0.690. The molecule has 0 saturated carbocycles. The number of benzene rings is 2. The molecule has 5 nitrogen and oxygen atoms in total. The van der Waals surface area contributed by atoms with Gasteiger partial charge in [-0.3, -0.25) is 9.59 Å². The van der Waals surface area contributed by atoms with Gasteiger partial charge in [0, 0.05) is 47.6 Å². The zero-order valence-corrected chi connectivity index (χ0v) is 18.3.